The highest BCUT2D eigenvalue weighted by Gasteiger charge is 2.26. The molecule has 0 aliphatic carbocycles. The van der Waals surface area contributed by atoms with Gasteiger partial charge in [-0.1, -0.05) is 60.7 Å². The number of sulfonamides is 1. The summed E-state index contributed by atoms with van der Waals surface area (Å²) in [6.07, 6.45) is -0.651. The van der Waals surface area contributed by atoms with Crippen molar-refractivity contribution in [1.29, 1.82) is 0 Å². The Labute approximate surface area is 229 Å². The molecule has 0 saturated heterocycles. The van der Waals surface area contributed by atoms with Gasteiger partial charge in [-0.3, -0.25) is 4.79 Å². The van der Waals surface area contributed by atoms with Crippen LogP contribution in [0.2, 0.25) is 0 Å². The third-order valence-corrected chi connectivity index (χ3v) is 6.81. The van der Waals surface area contributed by atoms with Gasteiger partial charge in [-0.25, -0.2) is 17.9 Å². The molecule has 39 heavy (non-hydrogen) atoms. The van der Waals surface area contributed by atoms with Crippen molar-refractivity contribution in [2.75, 3.05) is 18.1 Å². The lowest BCUT2D eigenvalue weighted by Crippen LogP contribution is -2.42. The van der Waals surface area contributed by atoms with E-state index >= 15 is 0 Å². The van der Waals surface area contributed by atoms with Gasteiger partial charge in [-0.2, -0.15) is 0 Å². The number of aliphatic hydroxyl groups excluding tert-OH is 1. The fraction of sp³-hybridized carbons (Fsp3) is 0.310. The third-order valence-electron chi connectivity index (χ3n) is 6.25. The lowest BCUT2D eigenvalue weighted by Gasteiger charge is -2.30. The van der Waals surface area contributed by atoms with Crippen LogP contribution < -0.4 is 10.0 Å². The second-order valence-electron chi connectivity index (χ2n) is 9.78. The van der Waals surface area contributed by atoms with Crippen LogP contribution in [0.3, 0.4) is 0 Å². The molecule has 9 nitrogen and oxygen atoms in total. The molecule has 3 aromatic carbocycles. The molecule has 10 heteroatoms. The van der Waals surface area contributed by atoms with Crippen LogP contribution in [0.5, 0.6) is 0 Å². The van der Waals surface area contributed by atoms with Gasteiger partial charge in [-0.15, -0.1) is 0 Å². The second kappa shape index (κ2) is 12.8. The first-order chi connectivity index (χ1) is 18.4. The molecule has 2 atom stereocenters. The first-order valence-electron chi connectivity index (χ1n) is 12.6. The number of hydrogen-bond acceptors (Lipinski definition) is 6. The number of nitrogens with zero attached hydrogens (tertiary/aromatic N) is 1. The number of benzene rings is 3. The van der Waals surface area contributed by atoms with E-state index in [9.17, 15) is 28.2 Å². The molecular weight excluding hydrogens is 518 g/mol. The van der Waals surface area contributed by atoms with Gasteiger partial charge in [0.25, 0.3) is 5.91 Å². The molecule has 4 N–H and O–H groups in total. The van der Waals surface area contributed by atoms with Crippen molar-refractivity contribution in [3.63, 3.8) is 0 Å². The molecule has 3 rings (SSSR count). The summed E-state index contributed by atoms with van der Waals surface area (Å²) in [5.41, 5.74) is 4.02. The SMILES string of the molecule is CC(C)Nc1cc(-c2ccc(CCN(C(=O)O)[C@@H](C)[C@H](O)c3ccccc3)cc2)ccc1C(=O)NS(C)(=O)=O. The van der Waals surface area contributed by atoms with Crippen LogP contribution in [-0.2, 0) is 16.4 Å². The summed E-state index contributed by atoms with van der Waals surface area (Å²) in [6, 6.07) is 21.1. The molecule has 0 bridgehead atoms. The summed E-state index contributed by atoms with van der Waals surface area (Å²) >= 11 is 0. The zero-order valence-electron chi connectivity index (χ0n) is 22.5. The van der Waals surface area contributed by atoms with Gasteiger partial charge in [0.2, 0.25) is 10.0 Å². The van der Waals surface area contributed by atoms with E-state index in [0.717, 1.165) is 22.9 Å². The van der Waals surface area contributed by atoms with Gasteiger partial charge in [0.15, 0.2) is 0 Å². The standard InChI is InChI=1S/C29H35N3O6S/c1-19(2)30-26-18-24(14-15-25(26)28(34)31-39(4,37)38)22-12-10-21(11-13-22)16-17-32(29(35)36)20(3)27(33)23-8-6-5-7-9-23/h5-15,18-20,27,30,33H,16-17H2,1-4H3,(H,31,34)(H,35,36)/t20-,27-/m0/s1. The van der Waals surface area contributed by atoms with Crippen molar-refractivity contribution in [3.8, 4) is 11.1 Å². The van der Waals surface area contributed by atoms with E-state index in [2.05, 4.69) is 5.32 Å². The lowest BCUT2D eigenvalue weighted by molar-refractivity contribution is 0.0559. The Balaban J connectivity index is 1.75. The lowest BCUT2D eigenvalue weighted by atomic mass is 9.99. The average molecular weight is 554 g/mol. The Morgan fingerprint density at radius 1 is 0.923 bits per heavy atom. The predicted molar refractivity (Wildman–Crippen MR) is 152 cm³/mol. The average Bonchev–Trinajstić information content (AvgIpc) is 2.87. The molecule has 0 saturated carbocycles. The van der Waals surface area contributed by atoms with Gasteiger partial charge < -0.3 is 20.4 Å². The van der Waals surface area contributed by atoms with Crippen molar-refractivity contribution >= 4 is 27.7 Å². The van der Waals surface area contributed by atoms with Crippen LogP contribution in [0.15, 0.2) is 72.8 Å². The molecule has 3 aromatic rings. The topological polar surface area (TPSA) is 136 Å². The fourth-order valence-electron chi connectivity index (χ4n) is 4.26. The Morgan fingerprint density at radius 2 is 1.54 bits per heavy atom. The minimum atomic E-state index is -3.71. The minimum absolute atomic E-state index is 0.00684. The van der Waals surface area contributed by atoms with Crippen molar-refractivity contribution in [2.24, 2.45) is 0 Å². The third kappa shape index (κ3) is 8.30. The molecule has 0 heterocycles. The second-order valence-corrected chi connectivity index (χ2v) is 11.5. The molecule has 2 amide bonds. The summed E-state index contributed by atoms with van der Waals surface area (Å²) in [5, 5.41) is 23.7. The quantitative estimate of drug-likeness (QED) is 0.274. The number of carbonyl (C=O) groups excluding carboxylic acids is 1. The zero-order valence-corrected chi connectivity index (χ0v) is 23.3. The largest absolute Gasteiger partial charge is 0.465 e. The highest BCUT2D eigenvalue weighted by Crippen LogP contribution is 2.27. The smallest absolute Gasteiger partial charge is 0.407 e. The van der Waals surface area contributed by atoms with Crippen molar-refractivity contribution in [3.05, 3.63) is 89.5 Å². The van der Waals surface area contributed by atoms with E-state index < -0.39 is 34.2 Å². The van der Waals surface area contributed by atoms with E-state index in [4.69, 9.17) is 0 Å². The summed E-state index contributed by atoms with van der Waals surface area (Å²) < 4.78 is 25.1. The number of hydrogen-bond donors (Lipinski definition) is 4. The molecular formula is C29H35N3O6S. The van der Waals surface area contributed by atoms with Gasteiger partial charge in [0.1, 0.15) is 0 Å². The molecule has 0 fully saturated rings. The minimum Gasteiger partial charge on any atom is -0.465 e. The summed E-state index contributed by atoms with van der Waals surface area (Å²) in [6.45, 7) is 5.74. The Kier molecular flexibility index (Phi) is 9.71. The first-order valence-corrected chi connectivity index (χ1v) is 14.5. The summed E-state index contributed by atoms with van der Waals surface area (Å²) in [7, 11) is -3.71. The number of carbonyl (C=O) groups is 2. The molecule has 0 radical (unpaired) electrons. The molecule has 208 valence electrons. The van der Waals surface area contributed by atoms with Crippen molar-refractivity contribution in [1.82, 2.24) is 9.62 Å². The number of amides is 2. The van der Waals surface area contributed by atoms with Crippen molar-refractivity contribution < 1.29 is 28.2 Å². The molecule has 0 aliphatic heterocycles. The molecule has 0 aliphatic rings. The van der Waals surface area contributed by atoms with Crippen LogP contribution in [-0.4, -0.2) is 60.4 Å². The van der Waals surface area contributed by atoms with Crippen LogP contribution in [0.25, 0.3) is 11.1 Å². The van der Waals surface area contributed by atoms with Crippen molar-refractivity contribution in [2.45, 2.75) is 45.4 Å². The summed E-state index contributed by atoms with van der Waals surface area (Å²) in [4.78, 5) is 25.7. The Bertz CT molecular complexity index is 1390. The van der Waals surface area contributed by atoms with Gasteiger partial charge >= 0.3 is 6.09 Å². The summed E-state index contributed by atoms with van der Waals surface area (Å²) in [5.74, 6) is -0.711. The van der Waals surface area contributed by atoms with Crippen LogP contribution in [0.4, 0.5) is 10.5 Å². The normalized spacial score (nSPS) is 13.0. The van der Waals surface area contributed by atoms with E-state index in [0.29, 0.717) is 17.7 Å². The number of carboxylic acid groups (broad SMARTS) is 1. The highest BCUT2D eigenvalue weighted by atomic mass is 32.2. The van der Waals surface area contributed by atoms with Gasteiger partial charge in [0.05, 0.1) is 24.0 Å². The number of rotatable bonds is 11. The maximum atomic E-state index is 12.5. The van der Waals surface area contributed by atoms with Crippen LogP contribution in [0, 0.1) is 0 Å². The molecule has 0 spiro atoms. The predicted octanol–water partition coefficient (Wildman–Crippen LogP) is 4.51. The van der Waals surface area contributed by atoms with E-state index in [1.54, 1.807) is 49.4 Å². The van der Waals surface area contributed by atoms with Crippen LogP contribution in [0.1, 0.15) is 48.4 Å². The Morgan fingerprint density at radius 3 is 2.10 bits per heavy atom. The highest BCUT2D eigenvalue weighted by molar-refractivity contribution is 7.89. The fourth-order valence-corrected chi connectivity index (χ4v) is 4.71. The van der Waals surface area contributed by atoms with E-state index in [1.807, 2.05) is 48.9 Å². The van der Waals surface area contributed by atoms with Crippen LogP contribution >= 0.6 is 0 Å². The van der Waals surface area contributed by atoms with Gasteiger partial charge in [-0.05, 0) is 61.6 Å². The molecule has 0 unspecified atom stereocenters. The monoisotopic (exact) mass is 553 g/mol. The van der Waals surface area contributed by atoms with E-state index in [-0.39, 0.29) is 18.2 Å². The van der Waals surface area contributed by atoms with E-state index in [1.165, 1.54) is 4.90 Å². The molecule has 0 aromatic heterocycles. The number of anilines is 1. The Hall–Kier alpha value is -3.89. The maximum Gasteiger partial charge on any atom is 0.407 e. The first kappa shape index (κ1) is 29.7. The zero-order chi connectivity index (χ0) is 28.7. The number of nitrogens with one attached hydrogen (secondary N) is 2. The maximum absolute atomic E-state index is 12.5. The van der Waals surface area contributed by atoms with Gasteiger partial charge in [0, 0.05) is 18.3 Å². The number of aliphatic hydroxyl groups is 1.